The highest BCUT2D eigenvalue weighted by molar-refractivity contribution is 5.94. The van der Waals surface area contributed by atoms with Crippen LogP contribution < -0.4 is 4.90 Å². The number of anilines is 1. The lowest BCUT2D eigenvalue weighted by Gasteiger charge is -2.29. The maximum Gasteiger partial charge on any atom is 0.270 e. The largest absolute Gasteiger partial charge is 0.366 e. The number of nitro groups is 1. The molecule has 0 amide bonds. The molecule has 0 spiro atoms. The molecular formula is C22H20N4O2. The normalized spacial score (nSPS) is 14.0. The molecule has 0 aliphatic carbocycles. The molecule has 1 aliphatic heterocycles. The lowest BCUT2D eigenvalue weighted by molar-refractivity contribution is -0.384. The number of para-hydroxylation sites is 1. The average Bonchev–Trinajstić information content (AvgIpc) is 3.17. The zero-order valence-electron chi connectivity index (χ0n) is 15.6. The number of fused-ring (bicyclic) bond motifs is 1. The van der Waals surface area contributed by atoms with Crippen molar-refractivity contribution in [2.75, 3.05) is 18.0 Å². The van der Waals surface area contributed by atoms with E-state index in [1.165, 1.54) is 39.7 Å². The van der Waals surface area contributed by atoms with Crippen molar-refractivity contribution in [3.63, 3.8) is 0 Å². The molecule has 3 aromatic rings. The molecule has 6 heteroatoms. The number of H-pyrrole nitrogens is 1. The van der Waals surface area contributed by atoms with E-state index in [-0.39, 0.29) is 5.69 Å². The Balaban J connectivity index is 1.63. The number of nitrogens with one attached hydrogen (secondary N) is 1. The molecule has 4 rings (SSSR count). The van der Waals surface area contributed by atoms with Gasteiger partial charge in [-0.15, -0.1) is 0 Å². The topological polar surface area (TPSA) is 86.0 Å². The quantitative estimate of drug-likeness (QED) is 0.526. The molecule has 0 saturated carbocycles. The van der Waals surface area contributed by atoms with Crippen molar-refractivity contribution < 1.29 is 4.92 Å². The number of aromatic nitrogens is 1. The number of hydrogen-bond donors (Lipinski definition) is 1. The first-order valence-corrected chi connectivity index (χ1v) is 9.34. The average molecular weight is 372 g/mol. The van der Waals surface area contributed by atoms with Crippen LogP contribution in [0.15, 0.2) is 48.7 Å². The second-order valence-electron chi connectivity index (χ2n) is 6.89. The fraction of sp³-hybridized carbons (Fsp3) is 0.227. The summed E-state index contributed by atoms with van der Waals surface area (Å²) >= 11 is 0. The third-order valence-corrected chi connectivity index (χ3v) is 5.39. The minimum Gasteiger partial charge on any atom is -0.366 e. The number of aromatic amines is 1. The van der Waals surface area contributed by atoms with E-state index in [0.717, 1.165) is 25.1 Å². The monoisotopic (exact) mass is 372 g/mol. The van der Waals surface area contributed by atoms with E-state index < -0.39 is 4.92 Å². The number of nitriles is 1. The van der Waals surface area contributed by atoms with Crippen molar-refractivity contribution >= 4 is 27.9 Å². The van der Waals surface area contributed by atoms with E-state index in [1.54, 1.807) is 6.07 Å². The van der Waals surface area contributed by atoms with E-state index in [0.29, 0.717) is 12.1 Å². The molecule has 0 saturated heterocycles. The summed E-state index contributed by atoms with van der Waals surface area (Å²) in [5.41, 5.74) is 6.06. The van der Waals surface area contributed by atoms with E-state index in [4.69, 9.17) is 0 Å². The van der Waals surface area contributed by atoms with Gasteiger partial charge in [0.25, 0.3) is 5.69 Å². The van der Waals surface area contributed by atoms with E-state index in [9.17, 15) is 15.4 Å². The predicted molar refractivity (Wildman–Crippen MR) is 110 cm³/mol. The van der Waals surface area contributed by atoms with Crippen molar-refractivity contribution in [2.24, 2.45) is 0 Å². The van der Waals surface area contributed by atoms with Crippen molar-refractivity contribution in [2.45, 2.75) is 19.8 Å². The Hall–Kier alpha value is -3.59. The minimum absolute atomic E-state index is 0.0564. The Morgan fingerprint density at radius 3 is 2.86 bits per heavy atom. The van der Waals surface area contributed by atoms with Gasteiger partial charge in [0.05, 0.1) is 16.2 Å². The number of aryl methyl sites for hydroxylation is 1. The van der Waals surface area contributed by atoms with Gasteiger partial charge in [-0.25, -0.2) is 0 Å². The Bertz CT molecular complexity index is 1140. The fourth-order valence-electron chi connectivity index (χ4n) is 3.91. The predicted octanol–water partition coefficient (Wildman–Crippen LogP) is 4.80. The molecular weight excluding hydrogens is 352 g/mol. The van der Waals surface area contributed by atoms with Crippen LogP contribution in [0.1, 0.15) is 30.0 Å². The molecule has 0 bridgehead atoms. The molecule has 1 N–H and O–H groups in total. The summed E-state index contributed by atoms with van der Waals surface area (Å²) in [7, 11) is 0. The van der Waals surface area contributed by atoms with Crippen molar-refractivity contribution in [3.05, 3.63) is 75.5 Å². The maximum absolute atomic E-state index is 11.0. The van der Waals surface area contributed by atoms with Gasteiger partial charge >= 0.3 is 0 Å². The highest BCUT2D eigenvalue weighted by atomic mass is 16.6. The molecule has 1 aliphatic rings. The van der Waals surface area contributed by atoms with Gasteiger partial charge in [-0.2, -0.15) is 5.26 Å². The lowest BCUT2D eigenvalue weighted by atomic mass is 9.97. The third kappa shape index (κ3) is 3.01. The Morgan fingerprint density at radius 1 is 1.32 bits per heavy atom. The molecule has 140 valence electrons. The number of nitrogens with zero attached hydrogens (tertiary/aromatic N) is 3. The summed E-state index contributed by atoms with van der Waals surface area (Å²) in [4.78, 5) is 16.0. The highest BCUT2D eigenvalue weighted by Crippen LogP contribution is 2.33. The van der Waals surface area contributed by atoms with Gasteiger partial charge < -0.3 is 9.88 Å². The summed E-state index contributed by atoms with van der Waals surface area (Å²) in [6.45, 7) is 3.59. The van der Waals surface area contributed by atoms with Gasteiger partial charge in [0.15, 0.2) is 0 Å². The fourth-order valence-corrected chi connectivity index (χ4v) is 3.91. The molecule has 1 aromatic heterocycles. The van der Waals surface area contributed by atoms with Crippen LogP contribution in [0, 0.1) is 21.4 Å². The third-order valence-electron chi connectivity index (χ3n) is 5.39. The molecule has 0 unspecified atom stereocenters. The first kappa shape index (κ1) is 17.8. The Labute approximate surface area is 162 Å². The molecule has 6 nitrogen and oxygen atoms in total. The van der Waals surface area contributed by atoms with Crippen LogP contribution in [-0.4, -0.2) is 23.0 Å². The van der Waals surface area contributed by atoms with Crippen LogP contribution in [-0.2, 0) is 6.42 Å². The second kappa shape index (κ2) is 7.20. The lowest BCUT2D eigenvalue weighted by Crippen LogP contribution is -2.28. The zero-order valence-corrected chi connectivity index (χ0v) is 15.6. The van der Waals surface area contributed by atoms with Crippen LogP contribution >= 0.6 is 0 Å². The van der Waals surface area contributed by atoms with Gasteiger partial charge in [-0.3, -0.25) is 10.1 Å². The van der Waals surface area contributed by atoms with Gasteiger partial charge in [-0.05, 0) is 30.0 Å². The first-order chi connectivity index (χ1) is 13.6. The Morgan fingerprint density at radius 2 is 2.18 bits per heavy atom. The molecule has 2 heterocycles. The van der Waals surface area contributed by atoms with Crippen LogP contribution in [0.3, 0.4) is 0 Å². The summed E-state index contributed by atoms with van der Waals surface area (Å²) in [5.74, 6) is 0. The first-order valence-electron chi connectivity index (χ1n) is 9.34. The minimum atomic E-state index is -0.472. The molecule has 28 heavy (non-hydrogen) atoms. The van der Waals surface area contributed by atoms with Crippen LogP contribution in [0.5, 0.6) is 0 Å². The van der Waals surface area contributed by atoms with Gasteiger partial charge in [0.1, 0.15) is 6.07 Å². The number of hydrogen-bond acceptors (Lipinski definition) is 4. The molecule has 2 aromatic carbocycles. The molecule has 0 fully saturated rings. The van der Waals surface area contributed by atoms with Crippen LogP contribution in [0.4, 0.5) is 11.4 Å². The van der Waals surface area contributed by atoms with E-state index in [1.807, 2.05) is 0 Å². The maximum atomic E-state index is 11.0. The van der Waals surface area contributed by atoms with Gasteiger partial charge in [0.2, 0.25) is 0 Å². The zero-order chi connectivity index (χ0) is 19.7. The van der Waals surface area contributed by atoms with Crippen LogP contribution in [0.2, 0.25) is 0 Å². The van der Waals surface area contributed by atoms with Gasteiger partial charge in [-0.1, -0.05) is 31.2 Å². The summed E-state index contributed by atoms with van der Waals surface area (Å²) < 4.78 is 0. The summed E-state index contributed by atoms with van der Waals surface area (Å²) in [6.07, 6.45) is 6.11. The highest BCUT2D eigenvalue weighted by Gasteiger charge is 2.20. The van der Waals surface area contributed by atoms with Crippen molar-refractivity contribution in [1.29, 1.82) is 5.26 Å². The standard InChI is InChI=1S/C22H20N4O2/c1-2-15-4-3-5-19-20(14-24-22(15)19)16-8-10-25(11-9-16)21-7-6-18(26(27)28)12-17(21)13-23/h3-8,12,14,24H,2,9-11H2,1H3. The SMILES string of the molecule is CCc1cccc2c(C3=CCN(c4ccc([N+](=O)[O-])cc4C#N)CC3)c[nH]c12. The number of nitro benzene ring substituents is 1. The smallest absolute Gasteiger partial charge is 0.270 e. The summed E-state index contributed by atoms with van der Waals surface area (Å²) in [6, 6.07) is 13.0. The van der Waals surface area contributed by atoms with Gasteiger partial charge in [0, 0.05) is 47.9 Å². The summed E-state index contributed by atoms with van der Waals surface area (Å²) in [5, 5.41) is 21.6. The van der Waals surface area contributed by atoms with Crippen molar-refractivity contribution in [3.8, 4) is 6.07 Å². The number of benzene rings is 2. The Kier molecular flexibility index (Phi) is 4.58. The van der Waals surface area contributed by atoms with Crippen molar-refractivity contribution in [1.82, 2.24) is 4.98 Å². The van der Waals surface area contributed by atoms with E-state index in [2.05, 4.69) is 53.3 Å². The van der Waals surface area contributed by atoms with Crippen LogP contribution in [0.25, 0.3) is 16.5 Å². The molecule has 0 atom stereocenters. The second-order valence-corrected chi connectivity index (χ2v) is 6.89. The number of non-ortho nitro benzene ring substituents is 1. The molecule has 0 radical (unpaired) electrons. The number of rotatable bonds is 4. The van der Waals surface area contributed by atoms with E-state index >= 15 is 0 Å².